The molecule has 0 saturated heterocycles. The van der Waals surface area contributed by atoms with Crippen molar-refractivity contribution in [2.45, 2.75) is 13.8 Å². The van der Waals surface area contributed by atoms with Crippen LogP contribution < -0.4 is 15.4 Å². The van der Waals surface area contributed by atoms with Crippen LogP contribution >= 0.6 is 11.6 Å². The third-order valence-corrected chi connectivity index (χ3v) is 4.01. The van der Waals surface area contributed by atoms with Gasteiger partial charge in [0, 0.05) is 16.8 Å². The first-order valence-corrected chi connectivity index (χ1v) is 8.47. The lowest BCUT2D eigenvalue weighted by Crippen LogP contribution is -2.22. The van der Waals surface area contributed by atoms with Crippen molar-refractivity contribution in [3.8, 4) is 5.75 Å². The summed E-state index contributed by atoms with van der Waals surface area (Å²) in [5.41, 5.74) is 2.58. The highest BCUT2D eigenvalue weighted by Crippen LogP contribution is 2.30. The average Bonchev–Trinajstić information content (AvgIpc) is 2.63. The quantitative estimate of drug-likeness (QED) is 0.717. The van der Waals surface area contributed by atoms with Gasteiger partial charge < -0.3 is 20.1 Å². The van der Waals surface area contributed by atoms with Gasteiger partial charge in [0.1, 0.15) is 5.75 Å². The molecule has 0 aliphatic rings. The number of halogens is 1. The first-order valence-electron chi connectivity index (χ1n) is 8.09. The van der Waals surface area contributed by atoms with E-state index in [1.165, 1.54) is 7.11 Å². The zero-order valence-corrected chi connectivity index (χ0v) is 15.6. The predicted molar refractivity (Wildman–Crippen MR) is 102 cm³/mol. The highest BCUT2D eigenvalue weighted by molar-refractivity contribution is 6.31. The molecule has 7 heteroatoms. The molecule has 2 N–H and O–H groups in total. The van der Waals surface area contributed by atoms with Crippen LogP contribution in [0.15, 0.2) is 36.4 Å². The number of rotatable bonds is 7. The Morgan fingerprint density at radius 2 is 1.85 bits per heavy atom. The van der Waals surface area contributed by atoms with E-state index in [9.17, 15) is 9.59 Å². The minimum atomic E-state index is -0.391. The fourth-order valence-corrected chi connectivity index (χ4v) is 2.41. The van der Waals surface area contributed by atoms with Crippen molar-refractivity contribution in [1.29, 1.82) is 0 Å². The monoisotopic (exact) mass is 376 g/mol. The van der Waals surface area contributed by atoms with Crippen LogP contribution in [0, 0.1) is 6.92 Å². The van der Waals surface area contributed by atoms with Crippen molar-refractivity contribution in [2.24, 2.45) is 0 Å². The number of hydrogen-bond acceptors (Lipinski definition) is 5. The highest BCUT2D eigenvalue weighted by Gasteiger charge is 2.10. The van der Waals surface area contributed by atoms with Crippen molar-refractivity contribution in [2.75, 3.05) is 30.9 Å². The van der Waals surface area contributed by atoms with Gasteiger partial charge in [-0.2, -0.15) is 0 Å². The van der Waals surface area contributed by atoms with Crippen LogP contribution in [0.2, 0.25) is 5.02 Å². The molecular formula is C19H21ClN2O4. The van der Waals surface area contributed by atoms with Crippen molar-refractivity contribution in [3.05, 3.63) is 52.5 Å². The van der Waals surface area contributed by atoms with Gasteiger partial charge in [-0.1, -0.05) is 11.6 Å². The Labute approximate surface area is 157 Å². The first-order chi connectivity index (χ1) is 12.4. The lowest BCUT2D eigenvalue weighted by Gasteiger charge is -2.13. The SMILES string of the molecule is CCOC(=O)c1ccc(NC(=O)CNc2cc(C)c(Cl)cc2OC)cc1. The van der Waals surface area contributed by atoms with Gasteiger partial charge in [-0.15, -0.1) is 0 Å². The van der Waals surface area contributed by atoms with Gasteiger partial charge in [0.2, 0.25) is 5.91 Å². The molecule has 1 amide bonds. The van der Waals surface area contributed by atoms with Crippen LogP contribution in [0.3, 0.4) is 0 Å². The number of benzene rings is 2. The summed E-state index contributed by atoms with van der Waals surface area (Å²) < 4.78 is 10.2. The van der Waals surface area contributed by atoms with Crippen LogP contribution in [0.4, 0.5) is 11.4 Å². The minimum Gasteiger partial charge on any atom is -0.495 e. The van der Waals surface area contributed by atoms with Crippen LogP contribution in [0.5, 0.6) is 5.75 Å². The predicted octanol–water partition coefficient (Wildman–Crippen LogP) is 3.88. The Bertz CT molecular complexity index is 791. The maximum absolute atomic E-state index is 12.1. The molecule has 0 aromatic heterocycles. The Kier molecular flexibility index (Phi) is 6.86. The van der Waals surface area contributed by atoms with Gasteiger partial charge in [-0.25, -0.2) is 4.79 Å². The van der Waals surface area contributed by atoms with Crippen LogP contribution in [-0.4, -0.2) is 32.1 Å². The molecular weight excluding hydrogens is 356 g/mol. The van der Waals surface area contributed by atoms with E-state index in [1.54, 1.807) is 37.3 Å². The molecule has 0 fully saturated rings. The van der Waals surface area contributed by atoms with Crippen LogP contribution in [0.1, 0.15) is 22.8 Å². The van der Waals surface area contributed by atoms with E-state index in [-0.39, 0.29) is 12.5 Å². The second kappa shape index (κ2) is 9.10. The van der Waals surface area contributed by atoms with E-state index >= 15 is 0 Å². The Hall–Kier alpha value is -2.73. The molecule has 26 heavy (non-hydrogen) atoms. The van der Waals surface area contributed by atoms with Gasteiger partial charge in [0.15, 0.2) is 0 Å². The number of carbonyl (C=O) groups excluding carboxylic acids is 2. The third-order valence-electron chi connectivity index (χ3n) is 3.60. The van der Waals surface area contributed by atoms with E-state index < -0.39 is 5.97 Å². The Morgan fingerprint density at radius 1 is 1.15 bits per heavy atom. The number of aryl methyl sites for hydroxylation is 1. The fourth-order valence-electron chi connectivity index (χ4n) is 2.26. The summed E-state index contributed by atoms with van der Waals surface area (Å²) in [4.78, 5) is 23.7. The van der Waals surface area contributed by atoms with Crippen molar-refractivity contribution >= 4 is 34.9 Å². The number of ether oxygens (including phenoxy) is 2. The lowest BCUT2D eigenvalue weighted by molar-refractivity contribution is -0.114. The normalized spacial score (nSPS) is 10.2. The summed E-state index contributed by atoms with van der Waals surface area (Å²) in [7, 11) is 1.54. The Morgan fingerprint density at radius 3 is 2.46 bits per heavy atom. The van der Waals surface area contributed by atoms with Gasteiger partial charge >= 0.3 is 5.97 Å². The largest absolute Gasteiger partial charge is 0.495 e. The van der Waals surface area contributed by atoms with E-state index in [0.717, 1.165) is 5.56 Å². The van der Waals surface area contributed by atoms with Gasteiger partial charge in [-0.05, 0) is 49.7 Å². The number of amides is 1. The maximum Gasteiger partial charge on any atom is 0.338 e. The van der Waals surface area contributed by atoms with Crippen LogP contribution in [-0.2, 0) is 9.53 Å². The minimum absolute atomic E-state index is 0.0526. The smallest absolute Gasteiger partial charge is 0.338 e. The fraction of sp³-hybridized carbons (Fsp3) is 0.263. The molecule has 0 unspecified atom stereocenters. The summed E-state index contributed by atoms with van der Waals surface area (Å²) >= 11 is 6.07. The molecule has 138 valence electrons. The molecule has 2 rings (SSSR count). The molecule has 0 radical (unpaired) electrons. The Balaban J connectivity index is 1.95. The van der Waals surface area contributed by atoms with E-state index in [1.807, 2.05) is 13.0 Å². The summed E-state index contributed by atoms with van der Waals surface area (Å²) in [5.74, 6) is -0.0621. The molecule has 2 aromatic rings. The van der Waals surface area contributed by atoms with E-state index in [4.69, 9.17) is 21.1 Å². The topological polar surface area (TPSA) is 76.7 Å². The number of hydrogen-bond donors (Lipinski definition) is 2. The zero-order valence-electron chi connectivity index (χ0n) is 14.9. The maximum atomic E-state index is 12.1. The molecule has 0 saturated carbocycles. The van der Waals surface area contributed by atoms with Gasteiger partial charge in [0.25, 0.3) is 0 Å². The van der Waals surface area contributed by atoms with Crippen molar-refractivity contribution < 1.29 is 19.1 Å². The van der Waals surface area contributed by atoms with Crippen molar-refractivity contribution in [3.63, 3.8) is 0 Å². The van der Waals surface area contributed by atoms with E-state index in [2.05, 4.69) is 10.6 Å². The molecule has 6 nitrogen and oxygen atoms in total. The number of anilines is 2. The molecule has 0 aliphatic carbocycles. The number of carbonyl (C=O) groups is 2. The summed E-state index contributed by atoms with van der Waals surface area (Å²) in [6.45, 7) is 3.99. The molecule has 0 bridgehead atoms. The summed E-state index contributed by atoms with van der Waals surface area (Å²) in [6.07, 6.45) is 0. The van der Waals surface area contributed by atoms with Crippen LogP contribution in [0.25, 0.3) is 0 Å². The molecule has 0 heterocycles. The lowest BCUT2D eigenvalue weighted by atomic mass is 10.2. The van der Waals surface area contributed by atoms with Crippen molar-refractivity contribution in [1.82, 2.24) is 0 Å². The second-order valence-electron chi connectivity index (χ2n) is 5.50. The first kappa shape index (κ1) is 19.6. The van der Waals surface area contributed by atoms with Gasteiger partial charge in [-0.3, -0.25) is 4.79 Å². The molecule has 0 atom stereocenters. The van der Waals surface area contributed by atoms with Gasteiger partial charge in [0.05, 0.1) is 31.5 Å². The summed E-state index contributed by atoms with van der Waals surface area (Å²) in [5, 5.41) is 6.38. The molecule has 0 spiro atoms. The standard InChI is InChI=1S/C19H21ClN2O4/c1-4-26-19(24)13-5-7-14(8-6-13)22-18(23)11-21-16-9-12(2)15(20)10-17(16)25-3/h5-10,21H,4,11H2,1-3H3,(H,22,23). The number of methoxy groups -OCH3 is 1. The molecule has 2 aromatic carbocycles. The summed E-state index contributed by atoms with van der Waals surface area (Å²) in [6, 6.07) is 10.0. The third kappa shape index (κ3) is 5.13. The number of nitrogens with one attached hydrogen (secondary N) is 2. The second-order valence-corrected chi connectivity index (χ2v) is 5.91. The average molecular weight is 377 g/mol. The van der Waals surface area contributed by atoms with E-state index in [0.29, 0.717) is 34.3 Å². The number of esters is 1. The highest BCUT2D eigenvalue weighted by atomic mass is 35.5. The zero-order chi connectivity index (χ0) is 19.1. The molecule has 0 aliphatic heterocycles.